The molecule has 1 saturated heterocycles. The van der Waals surface area contributed by atoms with E-state index in [1.54, 1.807) is 24.5 Å². The Hall–Kier alpha value is -2.86. The topological polar surface area (TPSA) is 85.3 Å². The number of aromatic nitrogens is 3. The van der Waals surface area contributed by atoms with Crippen molar-refractivity contribution in [1.29, 1.82) is 0 Å². The summed E-state index contributed by atoms with van der Waals surface area (Å²) < 4.78 is 0. The van der Waals surface area contributed by atoms with Crippen molar-refractivity contribution in [3.63, 3.8) is 0 Å². The molecule has 156 valence electrons. The second kappa shape index (κ2) is 10.1. The molecule has 0 bridgehead atoms. The minimum atomic E-state index is -0.596. The van der Waals surface area contributed by atoms with Crippen LogP contribution in [0.1, 0.15) is 40.0 Å². The zero-order chi connectivity index (χ0) is 21.4. The highest BCUT2D eigenvalue weighted by Gasteiger charge is 2.29. The molecular formula is C23H32N4O2. The van der Waals surface area contributed by atoms with Crippen LogP contribution in [0.2, 0.25) is 0 Å². The summed E-state index contributed by atoms with van der Waals surface area (Å²) in [5, 5.41) is 21.7. The van der Waals surface area contributed by atoms with Crippen molar-refractivity contribution in [1.82, 2.24) is 15.0 Å². The summed E-state index contributed by atoms with van der Waals surface area (Å²) in [7, 11) is 0. The van der Waals surface area contributed by atoms with E-state index in [4.69, 9.17) is 0 Å². The number of aromatic amines is 1. The first-order valence-corrected chi connectivity index (χ1v) is 9.97. The van der Waals surface area contributed by atoms with Crippen LogP contribution in [0.15, 0.2) is 49.8 Å². The highest BCUT2D eigenvalue weighted by molar-refractivity contribution is 6.11. The number of phenols is 1. The Balaban J connectivity index is 0.000000377. The van der Waals surface area contributed by atoms with Crippen LogP contribution in [0.25, 0.3) is 21.9 Å². The lowest BCUT2D eigenvalue weighted by molar-refractivity contribution is 0.0350. The molecule has 2 aromatic heterocycles. The highest BCUT2D eigenvalue weighted by atomic mass is 16.3. The number of aliphatic hydroxyl groups is 1. The molecule has 3 N–H and O–H groups in total. The molecule has 0 amide bonds. The Labute approximate surface area is 172 Å². The fourth-order valence-corrected chi connectivity index (χ4v) is 3.13. The molecule has 0 atom stereocenters. The molecule has 1 aromatic carbocycles. The van der Waals surface area contributed by atoms with E-state index >= 15 is 0 Å². The number of H-pyrrole nitrogens is 1. The fraction of sp³-hybridized carbons (Fsp3) is 0.391. The van der Waals surface area contributed by atoms with Gasteiger partial charge < -0.3 is 20.1 Å². The lowest BCUT2D eigenvalue weighted by Gasteiger charge is -2.36. The first kappa shape index (κ1) is 22.4. The van der Waals surface area contributed by atoms with Crippen LogP contribution in [0.4, 0.5) is 5.82 Å². The van der Waals surface area contributed by atoms with Crippen LogP contribution < -0.4 is 4.90 Å². The number of piperidine rings is 1. The third kappa shape index (κ3) is 5.57. The molecule has 0 saturated carbocycles. The molecule has 1 aliphatic heterocycles. The van der Waals surface area contributed by atoms with Crippen LogP contribution in [0.5, 0.6) is 5.75 Å². The number of fused-ring (bicyclic) bond motifs is 3. The van der Waals surface area contributed by atoms with Gasteiger partial charge >= 0.3 is 0 Å². The molecular weight excluding hydrogens is 364 g/mol. The van der Waals surface area contributed by atoms with E-state index in [1.165, 1.54) is 0 Å². The number of hydrogen-bond acceptors (Lipinski definition) is 5. The summed E-state index contributed by atoms with van der Waals surface area (Å²) in [4.78, 5) is 14.2. The number of allylic oxidation sites excluding steroid dienone is 2. The molecule has 0 spiro atoms. The largest absolute Gasteiger partial charge is 0.508 e. The molecule has 4 rings (SSSR count). The number of anilines is 1. The van der Waals surface area contributed by atoms with Crippen LogP contribution >= 0.6 is 0 Å². The molecule has 6 nitrogen and oxygen atoms in total. The van der Waals surface area contributed by atoms with E-state index in [1.807, 2.05) is 26.0 Å². The van der Waals surface area contributed by atoms with Gasteiger partial charge in [0.15, 0.2) is 0 Å². The highest BCUT2D eigenvalue weighted by Crippen LogP contribution is 2.34. The molecule has 0 radical (unpaired) electrons. The van der Waals surface area contributed by atoms with Gasteiger partial charge in [-0.05, 0) is 51.3 Å². The van der Waals surface area contributed by atoms with Gasteiger partial charge in [0, 0.05) is 24.0 Å². The van der Waals surface area contributed by atoms with Crippen LogP contribution in [-0.2, 0) is 0 Å². The number of rotatable bonds is 2. The number of nitrogens with zero attached hydrogens (tertiary/aromatic N) is 3. The summed E-state index contributed by atoms with van der Waals surface area (Å²) in [6.07, 6.45) is 7.69. The van der Waals surface area contributed by atoms with E-state index in [-0.39, 0.29) is 5.75 Å². The lowest BCUT2D eigenvalue weighted by Crippen LogP contribution is -2.42. The summed E-state index contributed by atoms with van der Waals surface area (Å²) in [6, 6.07) is 5.24. The van der Waals surface area contributed by atoms with E-state index in [0.717, 1.165) is 47.3 Å². The minimum Gasteiger partial charge on any atom is -0.508 e. The van der Waals surface area contributed by atoms with Crippen molar-refractivity contribution < 1.29 is 10.2 Å². The average Bonchev–Trinajstić information content (AvgIpc) is 3.07. The third-order valence-corrected chi connectivity index (χ3v) is 4.78. The Morgan fingerprint density at radius 2 is 1.86 bits per heavy atom. The molecule has 3 aromatic rings. The zero-order valence-corrected chi connectivity index (χ0v) is 17.6. The maximum atomic E-state index is 10.1. The number of phenolic OH excluding ortho intramolecular Hbond substituents is 1. The van der Waals surface area contributed by atoms with Crippen LogP contribution in [-0.4, -0.2) is 43.9 Å². The Kier molecular flexibility index (Phi) is 7.79. The Morgan fingerprint density at radius 3 is 2.45 bits per heavy atom. The van der Waals surface area contributed by atoms with Gasteiger partial charge in [-0.2, -0.15) is 0 Å². The van der Waals surface area contributed by atoms with Gasteiger partial charge in [-0.15, -0.1) is 13.2 Å². The van der Waals surface area contributed by atoms with Crippen LogP contribution in [0.3, 0.4) is 0 Å². The maximum absolute atomic E-state index is 10.1. The Morgan fingerprint density at radius 1 is 1.24 bits per heavy atom. The average molecular weight is 397 g/mol. The lowest BCUT2D eigenvalue weighted by atomic mass is 9.94. The van der Waals surface area contributed by atoms with E-state index in [0.29, 0.717) is 12.8 Å². The molecule has 0 unspecified atom stereocenters. The van der Waals surface area contributed by atoms with Crippen LogP contribution in [0, 0.1) is 0 Å². The summed E-state index contributed by atoms with van der Waals surface area (Å²) in [5.74, 6) is 1.09. The second-order valence-electron chi connectivity index (χ2n) is 7.36. The molecule has 6 heteroatoms. The molecule has 3 heterocycles. The van der Waals surface area contributed by atoms with E-state index in [9.17, 15) is 10.2 Å². The summed E-state index contributed by atoms with van der Waals surface area (Å²) >= 11 is 0. The number of aromatic hydroxyl groups is 1. The number of benzene rings is 1. The van der Waals surface area contributed by atoms with Crippen molar-refractivity contribution in [2.24, 2.45) is 0 Å². The van der Waals surface area contributed by atoms with Crippen molar-refractivity contribution >= 4 is 27.8 Å². The van der Waals surface area contributed by atoms with Gasteiger partial charge in [-0.25, -0.2) is 9.97 Å². The van der Waals surface area contributed by atoms with E-state index in [2.05, 4.69) is 39.9 Å². The maximum Gasteiger partial charge on any atom is 0.143 e. The smallest absolute Gasteiger partial charge is 0.143 e. The monoisotopic (exact) mass is 396 g/mol. The SMILES string of the molecule is C=CC.C=CCC.CC1(O)CCN(c2ncnc3[nH]c4ccc(O)cc4c23)CC1. The van der Waals surface area contributed by atoms with Gasteiger partial charge in [-0.1, -0.05) is 19.1 Å². The third-order valence-electron chi connectivity index (χ3n) is 4.78. The first-order chi connectivity index (χ1) is 13.9. The number of nitrogens with one attached hydrogen (secondary N) is 1. The van der Waals surface area contributed by atoms with Gasteiger partial charge in [-0.3, -0.25) is 0 Å². The second-order valence-corrected chi connectivity index (χ2v) is 7.36. The molecule has 1 aliphatic rings. The summed E-state index contributed by atoms with van der Waals surface area (Å²) in [5.41, 5.74) is 1.10. The zero-order valence-electron chi connectivity index (χ0n) is 17.6. The minimum absolute atomic E-state index is 0.227. The molecule has 1 fully saturated rings. The van der Waals surface area contributed by atoms with E-state index < -0.39 is 5.60 Å². The van der Waals surface area contributed by atoms with Crippen molar-refractivity contribution in [3.05, 3.63) is 49.8 Å². The number of hydrogen-bond donors (Lipinski definition) is 3. The standard InChI is InChI=1S/C16H18N4O2.C4H8.C3H6/c1-16(22)4-6-20(7-5-16)15-13-11-8-10(21)2-3-12(11)19-14(13)17-9-18-15;1-3-4-2;1-3-2/h2-3,8-9,21-22H,4-7H2,1H3,(H,17,18,19);3H,1,4H2,2H3;3H,1H2,2H3. The molecule has 0 aliphatic carbocycles. The van der Waals surface area contributed by atoms with Gasteiger partial charge in [0.1, 0.15) is 23.5 Å². The van der Waals surface area contributed by atoms with Gasteiger partial charge in [0.05, 0.1) is 11.0 Å². The Bertz CT molecular complexity index is 952. The van der Waals surface area contributed by atoms with Gasteiger partial charge in [0.2, 0.25) is 0 Å². The predicted octanol–water partition coefficient (Wildman–Crippen LogP) is 4.94. The first-order valence-electron chi connectivity index (χ1n) is 9.97. The quantitative estimate of drug-likeness (QED) is 0.534. The van der Waals surface area contributed by atoms with Crippen molar-refractivity contribution in [2.75, 3.05) is 18.0 Å². The van der Waals surface area contributed by atoms with Gasteiger partial charge in [0.25, 0.3) is 0 Å². The predicted molar refractivity (Wildman–Crippen MR) is 121 cm³/mol. The van der Waals surface area contributed by atoms with Crippen molar-refractivity contribution in [3.8, 4) is 5.75 Å². The summed E-state index contributed by atoms with van der Waals surface area (Å²) in [6.45, 7) is 14.2. The fourth-order valence-electron chi connectivity index (χ4n) is 3.13. The van der Waals surface area contributed by atoms with Crippen molar-refractivity contribution in [2.45, 2.75) is 45.6 Å². The normalized spacial score (nSPS) is 15.1. The molecule has 29 heavy (non-hydrogen) atoms.